The van der Waals surface area contributed by atoms with Crippen LogP contribution in [0.15, 0.2) is 29.4 Å². The van der Waals surface area contributed by atoms with Crippen LogP contribution in [0, 0.1) is 0 Å². The van der Waals surface area contributed by atoms with Gasteiger partial charge in [-0.2, -0.15) is 0 Å². The number of aromatic nitrogens is 2. The molecule has 1 aromatic carbocycles. The summed E-state index contributed by atoms with van der Waals surface area (Å²) in [6.45, 7) is 4.48. The minimum absolute atomic E-state index is 0.127. The molecular formula is C18H22N4O2S. The van der Waals surface area contributed by atoms with E-state index in [1.54, 1.807) is 0 Å². The van der Waals surface area contributed by atoms with Gasteiger partial charge in [0.15, 0.2) is 5.16 Å². The Hall–Kier alpha value is -1.86. The monoisotopic (exact) mass is 358 g/mol. The predicted octanol–water partition coefficient (Wildman–Crippen LogP) is 2.54. The molecule has 0 unspecified atom stereocenters. The molecule has 1 aliphatic heterocycles. The number of amides is 1. The number of para-hydroxylation sites is 1. The van der Waals surface area contributed by atoms with Crippen molar-refractivity contribution in [1.82, 2.24) is 14.9 Å². The molecule has 1 aliphatic carbocycles. The van der Waals surface area contributed by atoms with Crippen molar-refractivity contribution in [2.45, 2.75) is 36.2 Å². The van der Waals surface area contributed by atoms with Gasteiger partial charge in [0.05, 0.1) is 24.0 Å². The summed E-state index contributed by atoms with van der Waals surface area (Å²) in [5.74, 6) is 1.00. The lowest BCUT2D eigenvalue weighted by Crippen LogP contribution is -2.44. The summed E-state index contributed by atoms with van der Waals surface area (Å²) in [5, 5.41) is 4.96. The lowest BCUT2D eigenvalue weighted by Gasteiger charge is -2.28. The van der Waals surface area contributed by atoms with E-state index in [1.165, 1.54) is 24.6 Å². The summed E-state index contributed by atoms with van der Waals surface area (Å²) >= 11 is 1.43. The molecule has 6 nitrogen and oxygen atoms in total. The molecular weight excluding hydrogens is 336 g/mol. The van der Waals surface area contributed by atoms with Crippen LogP contribution in [-0.2, 0) is 9.53 Å². The number of hydrogen-bond acceptors (Lipinski definition) is 6. The van der Waals surface area contributed by atoms with E-state index in [4.69, 9.17) is 9.72 Å². The quantitative estimate of drug-likeness (QED) is 0.654. The number of anilines is 1. The highest BCUT2D eigenvalue weighted by molar-refractivity contribution is 8.00. The van der Waals surface area contributed by atoms with Gasteiger partial charge in [-0.1, -0.05) is 23.9 Å². The summed E-state index contributed by atoms with van der Waals surface area (Å²) in [6, 6.07) is 8.53. The van der Waals surface area contributed by atoms with Crippen LogP contribution in [0.4, 0.5) is 5.82 Å². The van der Waals surface area contributed by atoms with E-state index >= 15 is 0 Å². The van der Waals surface area contributed by atoms with E-state index in [0.29, 0.717) is 37.5 Å². The van der Waals surface area contributed by atoms with Crippen molar-refractivity contribution in [1.29, 1.82) is 0 Å². The summed E-state index contributed by atoms with van der Waals surface area (Å²) in [7, 11) is 0. The maximum atomic E-state index is 12.6. The first-order valence-corrected chi connectivity index (χ1v) is 9.65. The number of carbonyl (C=O) groups is 1. The van der Waals surface area contributed by atoms with Crippen molar-refractivity contribution in [3.8, 4) is 0 Å². The number of hydrogen-bond donors (Lipinski definition) is 1. The molecule has 7 heteroatoms. The normalized spacial score (nSPS) is 19.0. The molecule has 1 saturated heterocycles. The smallest absolute Gasteiger partial charge is 0.236 e. The second kappa shape index (κ2) is 7.17. The van der Waals surface area contributed by atoms with E-state index < -0.39 is 0 Å². The van der Waals surface area contributed by atoms with Crippen molar-refractivity contribution in [2.24, 2.45) is 0 Å². The number of rotatable bonds is 5. The van der Waals surface area contributed by atoms with Crippen LogP contribution in [0.3, 0.4) is 0 Å². The fraction of sp³-hybridized carbons (Fsp3) is 0.500. The Balaban J connectivity index is 1.54. The molecule has 0 radical (unpaired) electrons. The van der Waals surface area contributed by atoms with E-state index in [1.807, 2.05) is 36.1 Å². The average Bonchev–Trinajstić information content (AvgIpc) is 3.46. The van der Waals surface area contributed by atoms with Crippen molar-refractivity contribution < 1.29 is 9.53 Å². The molecule has 0 spiro atoms. The molecule has 1 atom stereocenters. The lowest BCUT2D eigenvalue weighted by atomic mass is 10.2. The van der Waals surface area contributed by atoms with Gasteiger partial charge in [0, 0.05) is 24.5 Å². The van der Waals surface area contributed by atoms with Gasteiger partial charge < -0.3 is 15.0 Å². The topological polar surface area (TPSA) is 67.4 Å². The molecule has 2 heterocycles. The fourth-order valence-corrected chi connectivity index (χ4v) is 3.75. The first-order chi connectivity index (χ1) is 12.2. The van der Waals surface area contributed by atoms with Gasteiger partial charge in [-0.05, 0) is 31.9 Å². The van der Waals surface area contributed by atoms with Crippen LogP contribution in [0.1, 0.15) is 19.8 Å². The first kappa shape index (κ1) is 16.6. The van der Waals surface area contributed by atoms with Crippen molar-refractivity contribution in [2.75, 3.05) is 31.6 Å². The zero-order valence-corrected chi connectivity index (χ0v) is 15.1. The molecule has 132 valence electrons. The average molecular weight is 358 g/mol. The summed E-state index contributed by atoms with van der Waals surface area (Å²) < 4.78 is 5.32. The number of nitrogens with one attached hydrogen (secondary N) is 1. The van der Waals surface area contributed by atoms with Gasteiger partial charge in [0.25, 0.3) is 0 Å². The summed E-state index contributed by atoms with van der Waals surface area (Å²) in [4.78, 5) is 23.8. The van der Waals surface area contributed by atoms with E-state index in [-0.39, 0.29) is 11.2 Å². The minimum Gasteiger partial charge on any atom is -0.378 e. The Morgan fingerprint density at radius 1 is 1.28 bits per heavy atom. The maximum absolute atomic E-state index is 12.6. The zero-order valence-electron chi connectivity index (χ0n) is 14.3. The molecule has 2 aliphatic rings. The van der Waals surface area contributed by atoms with Crippen LogP contribution in [-0.4, -0.2) is 58.4 Å². The predicted molar refractivity (Wildman–Crippen MR) is 98.9 cm³/mol. The number of morpholine rings is 1. The van der Waals surface area contributed by atoms with Gasteiger partial charge in [-0.3, -0.25) is 4.79 Å². The van der Waals surface area contributed by atoms with Gasteiger partial charge in [-0.25, -0.2) is 9.97 Å². The molecule has 2 aromatic rings. The van der Waals surface area contributed by atoms with Crippen LogP contribution < -0.4 is 5.32 Å². The standard InChI is InChI=1S/C18H22N4O2S/c1-12(17(23)22-8-10-24-11-9-22)25-18-20-15-5-3-2-4-14(15)16(21-18)19-13-6-7-13/h2-5,12-13H,6-11H2,1H3,(H,19,20,21)/t12-/m0/s1. The van der Waals surface area contributed by atoms with E-state index in [9.17, 15) is 4.79 Å². The van der Waals surface area contributed by atoms with Crippen LogP contribution in [0.2, 0.25) is 0 Å². The van der Waals surface area contributed by atoms with E-state index in [2.05, 4.69) is 10.3 Å². The van der Waals surface area contributed by atoms with E-state index in [0.717, 1.165) is 16.7 Å². The van der Waals surface area contributed by atoms with Crippen molar-refractivity contribution in [3.63, 3.8) is 0 Å². The Kier molecular flexibility index (Phi) is 4.76. The molecule has 2 fully saturated rings. The number of nitrogens with zero attached hydrogens (tertiary/aromatic N) is 3. The first-order valence-electron chi connectivity index (χ1n) is 8.77. The third-order valence-electron chi connectivity index (χ3n) is 4.45. The summed E-state index contributed by atoms with van der Waals surface area (Å²) in [5.41, 5.74) is 0.911. The van der Waals surface area contributed by atoms with Gasteiger partial charge in [-0.15, -0.1) is 0 Å². The van der Waals surface area contributed by atoms with Crippen LogP contribution in [0.5, 0.6) is 0 Å². The number of thioether (sulfide) groups is 1. The molecule has 1 amide bonds. The van der Waals surface area contributed by atoms with Gasteiger partial charge in [0.2, 0.25) is 5.91 Å². The Labute approximate surface area is 151 Å². The molecule has 25 heavy (non-hydrogen) atoms. The maximum Gasteiger partial charge on any atom is 0.236 e. The summed E-state index contributed by atoms with van der Waals surface area (Å²) in [6.07, 6.45) is 2.37. The lowest BCUT2D eigenvalue weighted by molar-refractivity contribution is -0.134. The van der Waals surface area contributed by atoms with Crippen LogP contribution >= 0.6 is 11.8 Å². The molecule has 4 rings (SSSR count). The molecule has 1 N–H and O–H groups in total. The van der Waals surface area contributed by atoms with Gasteiger partial charge in [0.1, 0.15) is 5.82 Å². The molecule has 0 bridgehead atoms. The van der Waals surface area contributed by atoms with Crippen molar-refractivity contribution in [3.05, 3.63) is 24.3 Å². The number of benzene rings is 1. The second-order valence-electron chi connectivity index (χ2n) is 6.49. The highest BCUT2D eigenvalue weighted by Gasteiger charge is 2.26. The highest BCUT2D eigenvalue weighted by Crippen LogP contribution is 2.31. The zero-order chi connectivity index (χ0) is 17.2. The van der Waals surface area contributed by atoms with Gasteiger partial charge >= 0.3 is 0 Å². The third-order valence-corrected chi connectivity index (χ3v) is 5.40. The molecule has 1 saturated carbocycles. The highest BCUT2D eigenvalue weighted by atomic mass is 32.2. The SMILES string of the molecule is C[C@H](Sc1nc(NC2CC2)c2ccccc2n1)C(=O)N1CCOCC1. The minimum atomic E-state index is -0.215. The Morgan fingerprint density at radius 2 is 2.04 bits per heavy atom. The number of carbonyl (C=O) groups excluding carboxylic acids is 1. The Bertz CT molecular complexity index is 775. The van der Waals surface area contributed by atoms with Crippen molar-refractivity contribution >= 4 is 34.4 Å². The third kappa shape index (κ3) is 3.88. The Morgan fingerprint density at radius 3 is 2.80 bits per heavy atom. The fourth-order valence-electron chi connectivity index (χ4n) is 2.89. The largest absolute Gasteiger partial charge is 0.378 e. The second-order valence-corrected chi connectivity index (χ2v) is 7.80. The number of ether oxygens (including phenoxy) is 1. The number of fused-ring (bicyclic) bond motifs is 1. The molecule has 1 aromatic heterocycles. The van der Waals surface area contributed by atoms with Crippen LogP contribution in [0.25, 0.3) is 10.9 Å².